The molecule has 3 heteroatoms. The van der Waals surface area contributed by atoms with Gasteiger partial charge in [0.05, 0.1) is 0 Å². The Kier molecular flexibility index (Phi) is 3.37. The number of carbonyl (C=O) groups excluding carboxylic acids is 1. The normalized spacial score (nSPS) is 24.2. The summed E-state index contributed by atoms with van der Waals surface area (Å²) in [6, 6.07) is 0. The van der Waals surface area contributed by atoms with E-state index in [9.17, 15) is 4.79 Å². The molecular weight excluding hydrogens is 206 g/mol. The molecule has 1 saturated heterocycles. The second-order valence-electron chi connectivity index (χ2n) is 3.00. The van der Waals surface area contributed by atoms with Gasteiger partial charge in [-0.25, -0.2) is 0 Å². The minimum absolute atomic E-state index is 0.299. The van der Waals surface area contributed by atoms with Crippen molar-refractivity contribution in [1.82, 2.24) is 4.90 Å². The Hall–Kier alpha value is -0.0500. The summed E-state index contributed by atoms with van der Waals surface area (Å²) in [5.74, 6) is 0.985. The Bertz CT molecular complexity index is 149. The molecule has 0 aromatic carbocycles. The Balaban J connectivity index is 2.35. The van der Waals surface area contributed by atoms with Gasteiger partial charge in [-0.05, 0) is 12.3 Å². The average molecular weight is 220 g/mol. The van der Waals surface area contributed by atoms with E-state index in [0.29, 0.717) is 18.2 Å². The van der Waals surface area contributed by atoms with Crippen molar-refractivity contribution in [2.75, 3.05) is 18.4 Å². The number of likely N-dealkylation sites (tertiary alicyclic amines) is 1. The number of hydrogen-bond acceptors (Lipinski definition) is 1. The zero-order valence-electron chi connectivity index (χ0n) is 6.85. The molecule has 1 fully saturated rings. The van der Waals surface area contributed by atoms with E-state index in [4.69, 9.17) is 0 Å². The molecule has 1 rings (SSSR count). The number of amides is 1. The lowest BCUT2D eigenvalue weighted by molar-refractivity contribution is -0.129. The van der Waals surface area contributed by atoms with Crippen molar-refractivity contribution in [3.63, 3.8) is 0 Å². The van der Waals surface area contributed by atoms with Crippen molar-refractivity contribution in [2.45, 2.75) is 19.8 Å². The van der Waals surface area contributed by atoms with Crippen LogP contribution in [0.1, 0.15) is 19.8 Å². The number of nitrogens with zero attached hydrogens (tertiary/aromatic N) is 1. The fourth-order valence-corrected chi connectivity index (χ4v) is 1.94. The molecule has 1 amide bonds. The third-order valence-electron chi connectivity index (χ3n) is 2.16. The topological polar surface area (TPSA) is 20.3 Å². The van der Waals surface area contributed by atoms with Crippen LogP contribution < -0.4 is 0 Å². The zero-order valence-corrected chi connectivity index (χ0v) is 8.43. The molecule has 0 saturated carbocycles. The number of alkyl halides is 1. The minimum atomic E-state index is 0.299. The van der Waals surface area contributed by atoms with Gasteiger partial charge in [0.2, 0.25) is 5.91 Å². The highest BCUT2D eigenvalue weighted by atomic mass is 79.9. The lowest BCUT2D eigenvalue weighted by atomic mass is 10.2. The van der Waals surface area contributed by atoms with Crippen LogP contribution in [0.3, 0.4) is 0 Å². The van der Waals surface area contributed by atoms with Gasteiger partial charge in [-0.1, -0.05) is 22.9 Å². The van der Waals surface area contributed by atoms with Gasteiger partial charge in [0.1, 0.15) is 0 Å². The molecule has 64 valence electrons. The first-order valence-electron chi connectivity index (χ1n) is 4.11. The fraction of sp³-hybridized carbons (Fsp3) is 0.875. The van der Waals surface area contributed by atoms with Crippen LogP contribution in [0.25, 0.3) is 0 Å². The average Bonchev–Trinajstić information content (AvgIpc) is 2.50. The van der Waals surface area contributed by atoms with Gasteiger partial charge in [0, 0.05) is 24.8 Å². The van der Waals surface area contributed by atoms with E-state index in [-0.39, 0.29) is 0 Å². The monoisotopic (exact) mass is 219 g/mol. The van der Waals surface area contributed by atoms with E-state index in [0.717, 1.165) is 24.8 Å². The van der Waals surface area contributed by atoms with E-state index >= 15 is 0 Å². The van der Waals surface area contributed by atoms with Gasteiger partial charge in [0.15, 0.2) is 0 Å². The summed E-state index contributed by atoms with van der Waals surface area (Å²) in [5, 5.41) is 1.03. The van der Waals surface area contributed by atoms with Crippen molar-refractivity contribution >= 4 is 21.8 Å². The summed E-state index contributed by atoms with van der Waals surface area (Å²) < 4.78 is 0. The Labute approximate surface area is 76.1 Å². The SMILES string of the molecule is CCC(=O)N1CCC(CBr)C1. The summed E-state index contributed by atoms with van der Waals surface area (Å²) in [7, 11) is 0. The molecule has 1 aliphatic heterocycles. The molecule has 0 radical (unpaired) electrons. The summed E-state index contributed by atoms with van der Waals surface area (Å²) in [4.78, 5) is 13.2. The third-order valence-corrected chi connectivity index (χ3v) is 3.07. The number of carbonyl (C=O) groups is 1. The van der Waals surface area contributed by atoms with Crippen molar-refractivity contribution in [1.29, 1.82) is 0 Å². The van der Waals surface area contributed by atoms with Crippen LogP contribution in [-0.4, -0.2) is 29.2 Å². The Morgan fingerprint density at radius 1 is 1.73 bits per heavy atom. The predicted octanol–water partition coefficient (Wildman–Crippen LogP) is 1.64. The van der Waals surface area contributed by atoms with Crippen LogP contribution in [0.2, 0.25) is 0 Å². The fourth-order valence-electron chi connectivity index (χ4n) is 1.41. The van der Waals surface area contributed by atoms with E-state index in [1.54, 1.807) is 0 Å². The summed E-state index contributed by atoms with van der Waals surface area (Å²) in [6.07, 6.45) is 1.81. The van der Waals surface area contributed by atoms with Gasteiger partial charge in [-0.3, -0.25) is 4.79 Å². The van der Waals surface area contributed by atoms with Crippen molar-refractivity contribution in [2.24, 2.45) is 5.92 Å². The van der Waals surface area contributed by atoms with Crippen LogP contribution in [0, 0.1) is 5.92 Å². The predicted molar refractivity (Wildman–Crippen MR) is 48.8 cm³/mol. The minimum Gasteiger partial charge on any atom is -0.342 e. The van der Waals surface area contributed by atoms with Crippen LogP contribution >= 0.6 is 15.9 Å². The highest BCUT2D eigenvalue weighted by molar-refractivity contribution is 9.09. The maximum atomic E-state index is 11.2. The molecule has 1 unspecified atom stereocenters. The summed E-state index contributed by atoms with van der Waals surface area (Å²) in [6.45, 7) is 3.84. The first kappa shape index (κ1) is 9.04. The molecule has 0 spiro atoms. The number of halogens is 1. The number of rotatable bonds is 2. The molecular formula is C8H14BrNO. The van der Waals surface area contributed by atoms with Gasteiger partial charge < -0.3 is 4.90 Å². The molecule has 0 aliphatic carbocycles. The molecule has 1 heterocycles. The Morgan fingerprint density at radius 2 is 2.45 bits per heavy atom. The van der Waals surface area contributed by atoms with Gasteiger partial charge in [-0.2, -0.15) is 0 Å². The highest BCUT2D eigenvalue weighted by Crippen LogP contribution is 2.18. The maximum Gasteiger partial charge on any atom is 0.222 e. The van der Waals surface area contributed by atoms with E-state index in [1.165, 1.54) is 0 Å². The van der Waals surface area contributed by atoms with Gasteiger partial charge in [-0.15, -0.1) is 0 Å². The molecule has 0 bridgehead atoms. The molecule has 11 heavy (non-hydrogen) atoms. The first-order chi connectivity index (χ1) is 5.27. The highest BCUT2D eigenvalue weighted by Gasteiger charge is 2.23. The van der Waals surface area contributed by atoms with Gasteiger partial charge >= 0.3 is 0 Å². The Morgan fingerprint density at radius 3 is 2.91 bits per heavy atom. The van der Waals surface area contributed by atoms with E-state index in [1.807, 2.05) is 11.8 Å². The van der Waals surface area contributed by atoms with Crippen LogP contribution in [0.4, 0.5) is 0 Å². The van der Waals surface area contributed by atoms with Crippen LogP contribution in [0.5, 0.6) is 0 Å². The van der Waals surface area contributed by atoms with Crippen molar-refractivity contribution < 1.29 is 4.79 Å². The molecule has 1 atom stereocenters. The molecule has 1 aliphatic rings. The standard InChI is InChI=1S/C8H14BrNO/c1-2-8(11)10-4-3-7(5-9)6-10/h7H,2-6H2,1H3. The van der Waals surface area contributed by atoms with Gasteiger partial charge in [0.25, 0.3) is 0 Å². The summed E-state index contributed by atoms with van der Waals surface area (Å²) >= 11 is 3.44. The lowest BCUT2D eigenvalue weighted by Crippen LogP contribution is -2.27. The van der Waals surface area contributed by atoms with Crippen molar-refractivity contribution in [3.8, 4) is 0 Å². The largest absolute Gasteiger partial charge is 0.342 e. The number of hydrogen-bond donors (Lipinski definition) is 0. The molecule has 0 aromatic rings. The van der Waals surface area contributed by atoms with E-state index < -0.39 is 0 Å². The van der Waals surface area contributed by atoms with Crippen molar-refractivity contribution in [3.05, 3.63) is 0 Å². The maximum absolute atomic E-state index is 11.2. The zero-order chi connectivity index (χ0) is 8.27. The smallest absolute Gasteiger partial charge is 0.222 e. The quantitative estimate of drug-likeness (QED) is 0.648. The lowest BCUT2D eigenvalue weighted by Gasteiger charge is -2.14. The third kappa shape index (κ3) is 2.19. The second kappa shape index (κ2) is 4.10. The van der Waals surface area contributed by atoms with Crippen LogP contribution in [0.15, 0.2) is 0 Å². The molecule has 2 nitrogen and oxygen atoms in total. The van der Waals surface area contributed by atoms with Crippen LogP contribution in [-0.2, 0) is 4.79 Å². The van der Waals surface area contributed by atoms with E-state index in [2.05, 4.69) is 15.9 Å². The summed E-state index contributed by atoms with van der Waals surface area (Å²) in [5.41, 5.74) is 0. The molecule has 0 aromatic heterocycles. The second-order valence-corrected chi connectivity index (χ2v) is 3.65. The molecule has 0 N–H and O–H groups in total. The first-order valence-corrected chi connectivity index (χ1v) is 5.23.